The van der Waals surface area contributed by atoms with Crippen molar-refractivity contribution in [1.29, 1.82) is 0 Å². The van der Waals surface area contributed by atoms with Crippen molar-refractivity contribution in [2.24, 2.45) is 0 Å². The third kappa shape index (κ3) is 3.34. The Labute approximate surface area is 189 Å². The van der Waals surface area contributed by atoms with E-state index in [1.807, 2.05) is 12.1 Å². The molecular formula is C28H27ClN2. The molecule has 0 atom stereocenters. The molecule has 2 aliphatic carbocycles. The maximum absolute atomic E-state index is 6.41. The second-order valence-corrected chi connectivity index (χ2v) is 9.29. The molecule has 1 saturated heterocycles. The van der Waals surface area contributed by atoms with E-state index >= 15 is 0 Å². The first-order chi connectivity index (χ1) is 15.3. The number of rotatable bonds is 2. The maximum Gasteiger partial charge on any atom is 0.0639 e. The molecule has 0 aromatic heterocycles. The van der Waals surface area contributed by atoms with E-state index in [0.29, 0.717) is 0 Å². The molecule has 3 heteroatoms. The third-order valence-electron chi connectivity index (χ3n) is 7.20. The van der Waals surface area contributed by atoms with Gasteiger partial charge in [0.1, 0.15) is 0 Å². The molecule has 0 amide bonds. The molecular weight excluding hydrogens is 400 g/mol. The van der Waals surface area contributed by atoms with E-state index < -0.39 is 0 Å². The summed E-state index contributed by atoms with van der Waals surface area (Å²) in [6, 6.07) is 19.9. The Balaban J connectivity index is 1.26. The summed E-state index contributed by atoms with van der Waals surface area (Å²) < 4.78 is 0. The van der Waals surface area contributed by atoms with Gasteiger partial charge in [-0.3, -0.25) is 0 Å². The zero-order chi connectivity index (χ0) is 20.8. The summed E-state index contributed by atoms with van der Waals surface area (Å²) in [5, 5.41) is 3.65. The standard InChI is InChI=1S/C28H27ClN2/c29-27-7-3-4-8-28(27)31-17-15-30(16-18-31)22-11-14-24-21(19-22)10-13-25-23-6-2-1-5-20(23)9-12-26(24)25/h2-4,6-8,10-11,13-14,19H,1,5,9,12,15-18H2. The summed E-state index contributed by atoms with van der Waals surface area (Å²) in [6.45, 7) is 4.02. The molecule has 1 aliphatic heterocycles. The second-order valence-electron chi connectivity index (χ2n) is 8.88. The number of hydrogen-bond acceptors (Lipinski definition) is 2. The second kappa shape index (κ2) is 7.76. The predicted molar refractivity (Wildman–Crippen MR) is 133 cm³/mol. The SMILES string of the molecule is Clc1ccccc1N1CCN(c2ccc3c4c(ccc3c2)C2=C(CCC=C2)CC4)CC1. The lowest BCUT2D eigenvalue weighted by molar-refractivity contribution is 0.654. The van der Waals surface area contributed by atoms with Crippen LogP contribution < -0.4 is 9.80 Å². The highest BCUT2D eigenvalue weighted by Gasteiger charge is 2.22. The van der Waals surface area contributed by atoms with Crippen LogP contribution in [0.1, 0.15) is 30.4 Å². The number of para-hydroxylation sites is 1. The summed E-state index contributed by atoms with van der Waals surface area (Å²) in [6.07, 6.45) is 9.53. The van der Waals surface area contributed by atoms with E-state index in [2.05, 4.69) is 64.4 Å². The monoisotopic (exact) mass is 426 g/mol. The van der Waals surface area contributed by atoms with Crippen molar-refractivity contribution in [3.63, 3.8) is 0 Å². The minimum Gasteiger partial charge on any atom is -0.368 e. The van der Waals surface area contributed by atoms with Crippen molar-refractivity contribution in [3.8, 4) is 0 Å². The zero-order valence-electron chi connectivity index (χ0n) is 17.8. The Morgan fingerprint density at radius 2 is 1.61 bits per heavy atom. The van der Waals surface area contributed by atoms with E-state index in [1.165, 1.54) is 58.8 Å². The predicted octanol–water partition coefficient (Wildman–Crippen LogP) is 6.87. The third-order valence-corrected chi connectivity index (χ3v) is 7.52. The lowest BCUT2D eigenvalue weighted by atomic mass is 9.79. The lowest BCUT2D eigenvalue weighted by Crippen LogP contribution is -2.46. The largest absolute Gasteiger partial charge is 0.368 e. The van der Waals surface area contributed by atoms with Crippen molar-refractivity contribution >= 4 is 39.3 Å². The van der Waals surface area contributed by atoms with Crippen LogP contribution in [-0.4, -0.2) is 26.2 Å². The Hall–Kier alpha value is -2.71. The van der Waals surface area contributed by atoms with Gasteiger partial charge in [0.15, 0.2) is 0 Å². The number of hydrogen-bond donors (Lipinski definition) is 0. The lowest BCUT2D eigenvalue weighted by Gasteiger charge is -2.38. The molecule has 156 valence electrons. The molecule has 0 spiro atoms. The van der Waals surface area contributed by atoms with Crippen LogP contribution in [0.4, 0.5) is 11.4 Å². The summed E-state index contributed by atoms with van der Waals surface area (Å²) in [7, 11) is 0. The van der Waals surface area contributed by atoms with Gasteiger partial charge in [0.2, 0.25) is 0 Å². The van der Waals surface area contributed by atoms with Gasteiger partial charge < -0.3 is 9.80 Å². The minimum atomic E-state index is 0.845. The fraction of sp³-hybridized carbons (Fsp3) is 0.286. The van der Waals surface area contributed by atoms with Crippen molar-refractivity contribution in [1.82, 2.24) is 0 Å². The first-order valence-electron chi connectivity index (χ1n) is 11.5. The minimum absolute atomic E-state index is 0.845. The highest BCUT2D eigenvalue weighted by Crippen LogP contribution is 2.40. The van der Waals surface area contributed by atoms with Crippen LogP contribution in [0.25, 0.3) is 16.3 Å². The van der Waals surface area contributed by atoms with Crippen LogP contribution in [0.15, 0.2) is 72.3 Å². The molecule has 0 N–H and O–H groups in total. The van der Waals surface area contributed by atoms with E-state index in [0.717, 1.165) is 36.9 Å². The number of fused-ring (bicyclic) bond motifs is 4. The highest BCUT2D eigenvalue weighted by atomic mass is 35.5. The Morgan fingerprint density at radius 3 is 2.48 bits per heavy atom. The maximum atomic E-state index is 6.41. The molecule has 1 heterocycles. The Morgan fingerprint density at radius 1 is 0.774 bits per heavy atom. The van der Waals surface area contributed by atoms with Gasteiger partial charge in [0.05, 0.1) is 10.7 Å². The van der Waals surface area contributed by atoms with E-state index in [9.17, 15) is 0 Å². The van der Waals surface area contributed by atoms with Crippen LogP contribution >= 0.6 is 11.6 Å². The number of benzene rings is 3. The summed E-state index contributed by atoms with van der Waals surface area (Å²) in [4.78, 5) is 4.91. The van der Waals surface area contributed by atoms with Gasteiger partial charge in [-0.05, 0) is 77.4 Å². The molecule has 31 heavy (non-hydrogen) atoms. The molecule has 3 aromatic rings. The molecule has 0 bridgehead atoms. The van der Waals surface area contributed by atoms with E-state index in [4.69, 9.17) is 11.6 Å². The number of aryl methyl sites for hydroxylation is 1. The Kier molecular flexibility index (Phi) is 4.76. The highest BCUT2D eigenvalue weighted by molar-refractivity contribution is 6.33. The first-order valence-corrected chi connectivity index (χ1v) is 11.8. The van der Waals surface area contributed by atoms with Gasteiger partial charge in [0, 0.05) is 31.9 Å². The number of anilines is 2. The van der Waals surface area contributed by atoms with Crippen LogP contribution in [0.5, 0.6) is 0 Å². The molecule has 0 unspecified atom stereocenters. The molecule has 0 radical (unpaired) electrons. The van der Waals surface area contributed by atoms with Crippen molar-refractivity contribution in [3.05, 3.63) is 88.5 Å². The number of piperazine rings is 1. The average molecular weight is 427 g/mol. The molecule has 3 aliphatic rings. The molecule has 3 aromatic carbocycles. The molecule has 2 nitrogen and oxygen atoms in total. The van der Waals surface area contributed by atoms with Gasteiger partial charge in [0.25, 0.3) is 0 Å². The molecule has 1 fully saturated rings. The quantitative estimate of drug-likeness (QED) is 0.441. The zero-order valence-corrected chi connectivity index (χ0v) is 18.5. The Bertz CT molecular complexity index is 1210. The van der Waals surface area contributed by atoms with Gasteiger partial charge >= 0.3 is 0 Å². The van der Waals surface area contributed by atoms with Crippen molar-refractivity contribution in [2.45, 2.75) is 25.7 Å². The van der Waals surface area contributed by atoms with Crippen LogP contribution in [0.3, 0.4) is 0 Å². The molecule has 0 saturated carbocycles. The van der Waals surface area contributed by atoms with Crippen molar-refractivity contribution in [2.75, 3.05) is 36.0 Å². The van der Waals surface area contributed by atoms with Gasteiger partial charge in [-0.25, -0.2) is 0 Å². The van der Waals surface area contributed by atoms with E-state index in [1.54, 1.807) is 5.57 Å². The van der Waals surface area contributed by atoms with Crippen LogP contribution in [-0.2, 0) is 6.42 Å². The summed E-state index contributed by atoms with van der Waals surface area (Å²) in [5.41, 5.74) is 8.64. The topological polar surface area (TPSA) is 6.48 Å². The fourth-order valence-electron chi connectivity index (χ4n) is 5.54. The smallest absolute Gasteiger partial charge is 0.0639 e. The summed E-state index contributed by atoms with van der Waals surface area (Å²) >= 11 is 6.41. The number of nitrogens with zero attached hydrogens (tertiary/aromatic N) is 2. The number of allylic oxidation sites excluding steroid dienone is 4. The molecule has 6 rings (SSSR count). The van der Waals surface area contributed by atoms with Crippen LogP contribution in [0, 0.1) is 0 Å². The average Bonchev–Trinajstić information content (AvgIpc) is 2.84. The number of halogens is 1. The van der Waals surface area contributed by atoms with Crippen molar-refractivity contribution < 1.29 is 0 Å². The first kappa shape index (κ1) is 19.0. The summed E-state index contributed by atoms with van der Waals surface area (Å²) in [5.74, 6) is 0. The van der Waals surface area contributed by atoms with Crippen LogP contribution in [0.2, 0.25) is 5.02 Å². The van der Waals surface area contributed by atoms with Gasteiger partial charge in [-0.15, -0.1) is 0 Å². The van der Waals surface area contributed by atoms with Gasteiger partial charge in [-0.2, -0.15) is 0 Å². The van der Waals surface area contributed by atoms with E-state index in [-0.39, 0.29) is 0 Å². The fourth-order valence-corrected chi connectivity index (χ4v) is 5.80. The normalized spacial score (nSPS) is 18.4. The van der Waals surface area contributed by atoms with Gasteiger partial charge in [-0.1, -0.05) is 59.7 Å².